The van der Waals surface area contributed by atoms with E-state index in [0.717, 1.165) is 54.3 Å². The minimum Gasteiger partial charge on any atom is -0.497 e. The van der Waals surface area contributed by atoms with Gasteiger partial charge in [-0.15, -0.1) is 0 Å². The highest BCUT2D eigenvalue weighted by atomic mass is 35.5. The van der Waals surface area contributed by atoms with Gasteiger partial charge in [0.05, 0.1) is 17.6 Å². The van der Waals surface area contributed by atoms with Gasteiger partial charge in [-0.2, -0.15) is 0 Å². The van der Waals surface area contributed by atoms with E-state index in [1.165, 1.54) is 18.2 Å². The zero-order valence-electron chi connectivity index (χ0n) is 20.4. The Morgan fingerprint density at radius 3 is 2.51 bits per heavy atom. The van der Waals surface area contributed by atoms with Crippen molar-refractivity contribution >= 4 is 22.5 Å². The van der Waals surface area contributed by atoms with Gasteiger partial charge in [0.25, 0.3) is 0 Å². The van der Waals surface area contributed by atoms with Crippen LogP contribution in [0.5, 0.6) is 5.75 Å². The number of hydrogen-bond donors (Lipinski definition) is 1. The summed E-state index contributed by atoms with van der Waals surface area (Å²) in [6.45, 7) is 3.46. The third-order valence-electron chi connectivity index (χ3n) is 7.62. The van der Waals surface area contributed by atoms with Crippen LogP contribution in [-0.2, 0) is 6.42 Å². The van der Waals surface area contributed by atoms with Gasteiger partial charge in [-0.25, -0.2) is 8.78 Å². The maximum atomic E-state index is 14.5. The number of fused-ring (bicyclic) bond motifs is 1. The maximum Gasteiger partial charge on any atom is 0.130 e. The van der Waals surface area contributed by atoms with Crippen molar-refractivity contribution in [3.63, 3.8) is 0 Å². The summed E-state index contributed by atoms with van der Waals surface area (Å²) in [5.41, 5.74) is 1.87. The summed E-state index contributed by atoms with van der Waals surface area (Å²) in [5.74, 6) is -0.221. The number of hydrogen-bond acceptors (Lipinski definition) is 4. The molecule has 4 rings (SSSR count). The van der Waals surface area contributed by atoms with Gasteiger partial charge in [0.15, 0.2) is 0 Å². The first kappa shape index (κ1) is 25.8. The van der Waals surface area contributed by atoms with Gasteiger partial charge >= 0.3 is 0 Å². The van der Waals surface area contributed by atoms with E-state index in [1.807, 2.05) is 25.1 Å². The van der Waals surface area contributed by atoms with Gasteiger partial charge in [-0.05, 0) is 92.9 Å². The van der Waals surface area contributed by atoms with Crippen molar-refractivity contribution in [3.05, 3.63) is 70.4 Å². The van der Waals surface area contributed by atoms with Gasteiger partial charge in [0.1, 0.15) is 17.4 Å². The van der Waals surface area contributed by atoms with Crippen molar-refractivity contribution in [2.45, 2.75) is 51.5 Å². The number of aliphatic hydroxyl groups is 1. The molecule has 3 aromatic rings. The number of ether oxygens (including phenoxy) is 1. The lowest BCUT2D eigenvalue weighted by molar-refractivity contribution is 0.0175. The van der Waals surface area contributed by atoms with Crippen LogP contribution < -0.4 is 4.74 Å². The summed E-state index contributed by atoms with van der Waals surface area (Å²) in [5, 5.41) is 12.0. The van der Waals surface area contributed by atoms with Crippen molar-refractivity contribution < 1.29 is 18.6 Å². The molecule has 1 atom stereocenters. The quantitative estimate of drug-likeness (QED) is 0.352. The average Bonchev–Trinajstić information content (AvgIpc) is 2.88. The molecule has 188 valence electrons. The fourth-order valence-electron chi connectivity index (χ4n) is 5.49. The van der Waals surface area contributed by atoms with Crippen LogP contribution in [0.1, 0.15) is 56.2 Å². The fraction of sp³-hybridized carbons (Fsp3) is 0.464. The Labute approximate surface area is 210 Å². The zero-order chi connectivity index (χ0) is 25.0. The number of aryl methyl sites for hydroxylation is 1. The van der Waals surface area contributed by atoms with Crippen LogP contribution in [0.2, 0.25) is 5.02 Å². The molecule has 2 heterocycles. The largest absolute Gasteiger partial charge is 0.497 e. The van der Waals surface area contributed by atoms with E-state index >= 15 is 0 Å². The van der Waals surface area contributed by atoms with E-state index < -0.39 is 11.6 Å². The van der Waals surface area contributed by atoms with Gasteiger partial charge in [0.2, 0.25) is 0 Å². The third-order valence-corrected chi connectivity index (χ3v) is 7.95. The molecule has 0 spiro atoms. The molecule has 0 saturated carbocycles. The highest BCUT2D eigenvalue weighted by molar-refractivity contribution is 6.32. The van der Waals surface area contributed by atoms with Gasteiger partial charge in [0, 0.05) is 29.8 Å². The summed E-state index contributed by atoms with van der Waals surface area (Å²) in [6, 6.07) is 9.54. The molecule has 35 heavy (non-hydrogen) atoms. The van der Waals surface area contributed by atoms with Crippen LogP contribution in [0.4, 0.5) is 8.78 Å². The predicted octanol–water partition coefficient (Wildman–Crippen LogP) is 6.72. The van der Waals surface area contributed by atoms with Crippen LogP contribution in [0.15, 0.2) is 42.6 Å². The summed E-state index contributed by atoms with van der Waals surface area (Å²) in [7, 11) is 1.64. The topological polar surface area (TPSA) is 45.6 Å². The van der Waals surface area contributed by atoms with Crippen LogP contribution in [0.25, 0.3) is 10.9 Å². The molecule has 2 aromatic carbocycles. The monoisotopic (exact) mass is 502 g/mol. The Kier molecular flexibility index (Phi) is 8.25. The van der Waals surface area contributed by atoms with Crippen LogP contribution in [0, 0.1) is 17.0 Å². The standard InChI is InChI=1S/C28H33ClF2N2O2/c1-3-26(27-23(30)7-4-8-24(27)31)33-14-12-28(18-34,13-15-33)11-5-6-20-21-16-19(35-2)9-10-25(21)32-17-22(20)29/h4,7-10,16-17,26,34H,3,5-6,11-15,18H2,1-2H3. The van der Waals surface area contributed by atoms with Crippen molar-refractivity contribution in [2.75, 3.05) is 26.8 Å². The molecular weight excluding hydrogens is 470 g/mol. The molecule has 1 N–H and O–H groups in total. The molecule has 1 saturated heterocycles. The number of methoxy groups -OCH3 is 1. The smallest absolute Gasteiger partial charge is 0.130 e. The molecule has 1 aromatic heterocycles. The Hall–Kier alpha value is -2.28. The van der Waals surface area contributed by atoms with Crippen molar-refractivity contribution in [2.24, 2.45) is 5.41 Å². The number of aliphatic hydroxyl groups excluding tert-OH is 1. The molecule has 0 bridgehead atoms. The molecule has 1 fully saturated rings. The summed E-state index contributed by atoms with van der Waals surface area (Å²) in [6.07, 6.45) is 6.39. The van der Waals surface area contributed by atoms with Crippen molar-refractivity contribution in [3.8, 4) is 5.75 Å². The molecular formula is C28H33ClF2N2O2. The molecule has 4 nitrogen and oxygen atoms in total. The zero-order valence-corrected chi connectivity index (χ0v) is 21.1. The lowest BCUT2D eigenvalue weighted by Crippen LogP contribution is -2.43. The Morgan fingerprint density at radius 1 is 1.17 bits per heavy atom. The number of benzene rings is 2. The van der Waals surface area contributed by atoms with Crippen LogP contribution in [0.3, 0.4) is 0 Å². The number of aromatic nitrogens is 1. The molecule has 1 unspecified atom stereocenters. The van der Waals surface area contributed by atoms with E-state index in [9.17, 15) is 13.9 Å². The van der Waals surface area contributed by atoms with E-state index in [2.05, 4.69) is 9.88 Å². The summed E-state index contributed by atoms with van der Waals surface area (Å²) in [4.78, 5) is 6.59. The molecule has 1 aliphatic rings. The Bertz CT molecular complexity index is 1140. The van der Waals surface area contributed by atoms with Crippen LogP contribution >= 0.6 is 11.6 Å². The van der Waals surface area contributed by atoms with Gasteiger partial charge in [-0.3, -0.25) is 9.88 Å². The second kappa shape index (κ2) is 11.2. The first-order valence-corrected chi connectivity index (χ1v) is 12.7. The normalized spacial score (nSPS) is 17.0. The highest BCUT2D eigenvalue weighted by Crippen LogP contribution is 2.40. The number of likely N-dealkylation sites (tertiary alicyclic amines) is 1. The lowest BCUT2D eigenvalue weighted by atomic mass is 9.74. The summed E-state index contributed by atoms with van der Waals surface area (Å²) >= 11 is 6.52. The SMILES string of the molecule is CCC(c1c(F)cccc1F)N1CCC(CO)(CCCc2c(Cl)cnc3ccc(OC)cc23)CC1. The lowest BCUT2D eigenvalue weighted by Gasteiger charge is -2.44. The Balaban J connectivity index is 1.43. The maximum absolute atomic E-state index is 14.5. The highest BCUT2D eigenvalue weighted by Gasteiger charge is 2.36. The first-order chi connectivity index (χ1) is 16.9. The number of rotatable bonds is 9. The van der Waals surface area contributed by atoms with Crippen molar-refractivity contribution in [1.29, 1.82) is 0 Å². The second-order valence-corrected chi connectivity index (χ2v) is 9.98. The number of pyridine rings is 1. The molecule has 0 radical (unpaired) electrons. The molecule has 7 heteroatoms. The van der Waals surface area contributed by atoms with Crippen molar-refractivity contribution in [1.82, 2.24) is 9.88 Å². The Morgan fingerprint density at radius 2 is 1.89 bits per heavy atom. The molecule has 1 aliphatic heterocycles. The number of piperidine rings is 1. The summed E-state index contributed by atoms with van der Waals surface area (Å²) < 4.78 is 34.3. The molecule has 0 amide bonds. The van der Waals surface area contributed by atoms with Gasteiger partial charge < -0.3 is 9.84 Å². The number of nitrogens with zero attached hydrogens (tertiary/aromatic N) is 2. The second-order valence-electron chi connectivity index (χ2n) is 9.57. The molecule has 0 aliphatic carbocycles. The number of halogens is 3. The van der Waals surface area contributed by atoms with E-state index in [1.54, 1.807) is 13.3 Å². The van der Waals surface area contributed by atoms with E-state index in [0.29, 0.717) is 24.5 Å². The minimum absolute atomic E-state index is 0.102. The average molecular weight is 503 g/mol. The first-order valence-electron chi connectivity index (χ1n) is 12.3. The van der Waals surface area contributed by atoms with E-state index in [4.69, 9.17) is 16.3 Å². The van der Waals surface area contributed by atoms with Gasteiger partial charge in [-0.1, -0.05) is 24.6 Å². The fourth-order valence-corrected chi connectivity index (χ4v) is 5.74. The van der Waals surface area contributed by atoms with Crippen LogP contribution in [-0.4, -0.2) is 41.8 Å². The minimum atomic E-state index is -0.492. The predicted molar refractivity (Wildman–Crippen MR) is 136 cm³/mol. The third kappa shape index (κ3) is 5.45. The van der Waals surface area contributed by atoms with E-state index in [-0.39, 0.29) is 23.6 Å².